The maximum absolute atomic E-state index is 5.46. The van der Waals surface area contributed by atoms with Gasteiger partial charge in [-0.15, -0.1) is 0 Å². The summed E-state index contributed by atoms with van der Waals surface area (Å²) < 4.78 is 5.46. The highest BCUT2D eigenvalue weighted by molar-refractivity contribution is 7.99. The van der Waals surface area contributed by atoms with E-state index in [1.165, 1.54) is 41.4 Å². The monoisotopic (exact) mass is 301 g/mol. The average Bonchev–Trinajstić information content (AvgIpc) is 2.56. The highest BCUT2D eigenvalue weighted by Crippen LogP contribution is 2.28. The molecule has 3 rings (SSSR count). The summed E-state index contributed by atoms with van der Waals surface area (Å²) in [6, 6.07) is 12.7. The molecule has 112 valence electrons. The van der Waals surface area contributed by atoms with Crippen molar-refractivity contribution in [1.29, 1.82) is 0 Å². The maximum Gasteiger partial charge on any atom is 0.126 e. The lowest BCUT2D eigenvalue weighted by Crippen LogP contribution is -2.26. The number of fused-ring (bicyclic) bond motifs is 1. The zero-order valence-corrected chi connectivity index (χ0v) is 13.4. The minimum Gasteiger partial charge on any atom is -0.496 e. The van der Waals surface area contributed by atoms with Gasteiger partial charge in [0.15, 0.2) is 0 Å². The first-order valence-corrected chi connectivity index (χ1v) is 8.80. The highest BCUT2D eigenvalue weighted by atomic mass is 32.2. The van der Waals surface area contributed by atoms with Crippen molar-refractivity contribution >= 4 is 22.5 Å². The summed E-state index contributed by atoms with van der Waals surface area (Å²) in [4.78, 5) is 0. The van der Waals surface area contributed by atoms with Crippen molar-refractivity contribution in [3.05, 3.63) is 42.0 Å². The quantitative estimate of drug-likeness (QED) is 0.893. The van der Waals surface area contributed by atoms with Crippen molar-refractivity contribution in [3.8, 4) is 5.75 Å². The molecule has 1 heterocycles. The summed E-state index contributed by atoms with van der Waals surface area (Å²) in [6.45, 7) is 2.05. The Morgan fingerprint density at radius 1 is 1.14 bits per heavy atom. The lowest BCUT2D eigenvalue weighted by molar-refractivity contribution is 0.419. The van der Waals surface area contributed by atoms with E-state index in [0.717, 1.165) is 24.1 Å². The third-order valence-electron chi connectivity index (χ3n) is 4.16. The number of hydrogen-bond acceptors (Lipinski definition) is 3. The molecule has 0 aromatic heterocycles. The summed E-state index contributed by atoms with van der Waals surface area (Å²) in [5.41, 5.74) is 1.35. The van der Waals surface area contributed by atoms with E-state index in [1.807, 2.05) is 0 Å². The zero-order valence-electron chi connectivity index (χ0n) is 12.6. The van der Waals surface area contributed by atoms with Crippen LogP contribution in [0.2, 0.25) is 0 Å². The molecule has 1 atom stereocenters. The Balaban J connectivity index is 1.69. The molecule has 2 aromatic rings. The van der Waals surface area contributed by atoms with Gasteiger partial charge in [-0.1, -0.05) is 36.8 Å². The van der Waals surface area contributed by atoms with E-state index in [9.17, 15) is 0 Å². The standard InChI is InChI=1S/C18H23NOS/c1-20-18-10-9-14(16-7-2-3-8-17(16)18)12-19-13-15-6-4-5-11-21-15/h2-3,7-10,15,19H,4-6,11-13H2,1H3. The number of benzene rings is 2. The van der Waals surface area contributed by atoms with Gasteiger partial charge in [-0.25, -0.2) is 0 Å². The molecule has 0 spiro atoms. The minimum absolute atomic E-state index is 0.795. The summed E-state index contributed by atoms with van der Waals surface area (Å²) in [7, 11) is 1.74. The van der Waals surface area contributed by atoms with Crippen LogP contribution >= 0.6 is 11.8 Å². The number of thioether (sulfide) groups is 1. The molecule has 1 unspecified atom stereocenters. The Morgan fingerprint density at radius 2 is 2.00 bits per heavy atom. The van der Waals surface area contributed by atoms with Gasteiger partial charge in [0.25, 0.3) is 0 Å². The van der Waals surface area contributed by atoms with Crippen molar-refractivity contribution in [3.63, 3.8) is 0 Å². The highest BCUT2D eigenvalue weighted by Gasteiger charge is 2.13. The van der Waals surface area contributed by atoms with Crippen LogP contribution in [0.3, 0.4) is 0 Å². The number of methoxy groups -OCH3 is 1. The molecule has 1 aliphatic heterocycles. The second-order valence-corrected chi connectivity index (χ2v) is 7.00. The lowest BCUT2D eigenvalue weighted by atomic mass is 10.0. The van der Waals surface area contributed by atoms with Crippen LogP contribution in [-0.2, 0) is 6.54 Å². The van der Waals surface area contributed by atoms with Gasteiger partial charge in [0.05, 0.1) is 7.11 Å². The third kappa shape index (κ3) is 3.53. The van der Waals surface area contributed by atoms with E-state index >= 15 is 0 Å². The fourth-order valence-corrected chi connectivity index (χ4v) is 4.28. The fourth-order valence-electron chi connectivity index (χ4n) is 3.00. The van der Waals surface area contributed by atoms with Crippen LogP contribution in [0.25, 0.3) is 10.8 Å². The normalized spacial score (nSPS) is 18.8. The van der Waals surface area contributed by atoms with Crippen LogP contribution in [0.15, 0.2) is 36.4 Å². The van der Waals surface area contributed by atoms with E-state index < -0.39 is 0 Å². The third-order valence-corrected chi connectivity index (χ3v) is 5.55. The number of nitrogens with one attached hydrogen (secondary N) is 1. The second-order valence-electron chi connectivity index (χ2n) is 5.59. The molecule has 0 aliphatic carbocycles. The molecular formula is C18H23NOS. The predicted molar refractivity (Wildman–Crippen MR) is 92.3 cm³/mol. The lowest BCUT2D eigenvalue weighted by Gasteiger charge is -2.21. The van der Waals surface area contributed by atoms with Crippen LogP contribution in [-0.4, -0.2) is 24.7 Å². The van der Waals surface area contributed by atoms with E-state index in [2.05, 4.69) is 53.5 Å². The molecule has 0 bridgehead atoms. The molecule has 3 heteroatoms. The minimum atomic E-state index is 0.795. The van der Waals surface area contributed by atoms with Gasteiger partial charge in [0.1, 0.15) is 5.75 Å². The van der Waals surface area contributed by atoms with Gasteiger partial charge in [-0.3, -0.25) is 0 Å². The van der Waals surface area contributed by atoms with E-state index in [4.69, 9.17) is 4.74 Å². The second kappa shape index (κ2) is 7.19. The Labute approximate surface area is 131 Å². The van der Waals surface area contributed by atoms with Gasteiger partial charge in [-0.2, -0.15) is 11.8 Å². The van der Waals surface area contributed by atoms with Crippen LogP contribution in [0.5, 0.6) is 5.75 Å². The Kier molecular flexibility index (Phi) is 5.04. The van der Waals surface area contributed by atoms with Gasteiger partial charge in [0.2, 0.25) is 0 Å². The first kappa shape index (κ1) is 14.7. The molecule has 2 nitrogen and oxygen atoms in total. The molecule has 1 aliphatic rings. The molecule has 21 heavy (non-hydrogen) atoms. The smallest absolute Gasteiger partial charge is 0.126 e. The molecule has 0 saturated carbocycles. The van der Waals surface area contributed by atoms with E-state index in [1.54, 1.807) is 7.11 Å². The van der Waals surface area contributed by atoms with Gasteiger partial charge in [-0.05, 0) is 35.6 Å². The molecule has 0 radical (unpaired) electrons. The molecule has 0 amide bonds. The Morgan fingerprint density at radius 3 is 2.76 bits per heavy atom. The van der Waals surface area contributed by atoms with Crippen LogP contribution in [0, 0.1) is 0 Å². The number of hydrogen-bond donors (Lipinski definition) is 1. The number of rotatable bonds is 5. The zero-order chi connectivity index (χ0) is 14.5. The largest absolute Gasteiger partial charge is 0.496 e. The van der Waals surface area contributed by atoms with Crippen LogP contribution in [0.1, 0.15) is 24.8 Å². The SMILES string of the molecule is COc1ccc(CNCC2CCCCS2)c2ccccc12. The van der Waals surface area contributed by atoms with Crippen LogP contribution in [0.4, 0.5) is 0 Å². The van der Waals surface area contributed by atoms with E-state index in [0.29, 0.717) is 0 Å². The van der Waals surface area contributed by atoms with Crippen LogP contribution < -0.4 is 10.1 Å². The van der Waals surface area contributed by atoms with Crippen molar-refractivity contribution < 1.29 is 4.74 Å². The topological polar surface area (TPSA) is 21.3 Å². The molecule has 2 aromatic carbocycles. The maximum atomic E-state index is 5.46. The fraction of sp³-hybridized carbons (Fsp3) is 0.444. The summed E-state index contributed by atoms with van der Waals surface area (Å²) in [6.07, 6.45) is 4.15. The average molecular weight is 301 g/mol. The van der Waals surface area contributed by atoms with Crippen molar-refractivity contribution in [2.24, 2.45) is 0 Å². The van der Waals surface area contributed by atoms with E-state index in [-0.39, 0.29) is 0 Å². The number of ether oxygens (including phenoxy) is 1. The summed E-state index contributed by atoms with van der Waals surface area (Å²) in [5, 5.41) is 6.93. The van der Waals surface area contributed by atoms with Gasteiger partial charge >= 0.3 is 0 Å². The van der Waals surface area contributed by atoms with Gasteiger partial charge in [0, 0.05) is 23.7 Å². The van der Waals surface area contributed by atoms with Crippen molar-refractivity contribution in [1.82, 2.24) is 5.32 Å². The molecule has 1 N–H and O–H groups in total. The molecule has 1 saturated heterocycles. The summed E-state index contributed by atoms with van der Waals surface area (Å²) in [5.74, 6) is 2.29. The van der Waals surface area contributed by atoms with Crippen molar-refractivity contribution in [2.75, 3.05) is 19.4 Å². The Bertz CT molecular complexity index is 593. The predicted octanol–water partition coefficient (Wildman–Crippen LogP) is 4.22. The first-order chi connectivity index (χ1) is 10.4. The first-order valence-electron chi connectivity index (χ1n) is 7.75. The van der Waals surface area contributed by atoms with Gasteiger partial charge < -0.3 is 10.1 Å². The van der Waals surface area contributed by atoms with Crippen molar-refractivity contribution in [2.45, 2.75) is 31.1 Å². The molecular weight excluding hydrogens is 278 g/mol. The Hall–Kier alpha value is -1.19. The summed E-state index contributed by atoms with van der Waals surface area (Å²) >= 11 is 2.13. The molecule has 1 fully saturated rings.